The molecule has 1 N–H and O–H groups in total. The summed E-state index contributed by atoms with van der Waals surface area (Å²) < 4.78 is 24.8. The van der Waals surface area contributed by atoms with E-state index < -0.39 is 10.0 Å². The summed E-state index contributed by atoms with van der Waals surface area (Å²) in [4.78, 5) is 2.56. The van der Waals surface area contributed by atoms with Crippen molar-refractivity contribution < 1.29 is 8.42 Å². The summed E-state index contributed by atoms with van der Waals surface area (Å²) in [5.41, 5.74) is 0. The fourth-order valence-electron chi connectivity index (χ4n) is 2.45. The second kappa shape index (κ2) is 6.83. The second-order valence-electron chi connectivity index (χ2n) is 5.07. The number of hydrogen-bond acceptors (Lipinski definition) is 5. The Morgan fingerprint density at radius 3 is 2.56 bits per heavy atom. The van der Waals surface area contributed by atoms with Gasteiger partial charge in [0.2, 0.25) is 10.0 Å². The van der Waals surface area contributed by atoms with E-state index in [-0.39, 0.29) is 0 Å². The van der Waals surface area contributed by atoms with Crippen molar-refractivity contribution >= 4 is 33.5 Å². The van der Waals surface area contributed by atoms with Crippen molar-refractivity contribution in [2.45, 2.75) is 12.5 Å². The number of hydrogen-bond donors (Lipinski definition) is 1. The van der Waals surface area contributed by atoms with Gasteiger partial charge in [-0.1, -0.05) is 0 Å². The third kappa shape index (κ3) is 4.92. The van der Waals surface area contributed by atoms with E-state index in [0.717, 1.165) is 19.5 Å². The summed E-state index contributed by atoms with van der Waals surface area (Å²) in [6.07, 6.45) is 2.35. The van der Waals surface area contributed by atoms with Gasteiger partial charge >= 0.3 is 0 Å². The first-order valence-corrected chi connectivity index (χ1v) is 10.6. The zero-order chi connectivity index (χ0) is 13.0. The minimum Gasteiger partial charge on any atom is -0.298 e. The highest BCUT2D eigenvalue weighted by atomic mass is 32.2. The monoisotopic (exact) mass is 310 g/mol. The molecule has 0 saturated carbocycles. The lowest BCUT2D eigenvalue weighted by Crippen LogP contribution is -2.38. The van der Waals surface area contributed by atoms with E-state index in [0.29, 0.717) is 18.5 Å². The Labute approximate surface area is 119 Å². The van der Waals surface area contributed by atoms with E-state index in [2.05, 4.69) is 33.1 Å². The fraction of sp³-hybridized carbons (Fsp3) is 1.00. The molecule has 0 amide bonds. The topological polar surface area (TPSA) is 49.4 Å². The van der Waals surface area contributed by atoms with Gasteiger partial charge in [-0.05, 0) is 18.9 Å². The van der Waals surface area contributed by atoms with Crippen molar-refractivity contribution in [3.8, 4) is 0 Å². The molecular weight excluding hydrogens is 288 g/mol. The van der Waals surface area contributed by atoms with Gasteiger partial charge in [-0.25, -0.2) is 13.1 Å². The summed E-state index contributed by atoms with van der Waals surface area (Å²) in [6, 6.07) is 0.686. The van der Waals surface area contributed by atoms with Crippen molar-refractivity contribution in [2.75, 3.05) is 48.9 Å². The lowest BCUT2D eigenvalue weighted by molar-refractivity contribution is 0.273. The van der Waals surface area contributed by atoms with Gasteiger partial charge in [0.25, 0.3) is 0 Å². The Morgan fingerprint density at radius 1 is 1.28 bits per heavy atom. The van der Waals surface area contributed by atoms with Gasteiger partial charge < -0.3 is 0 Å². The highest BCUT2D eigenvalue weighted by Crippen LogP contribution is 2.25. The Balaban J connectivity index is 1.76. The lowest BCUT2D eigenvalue weighted by Gasteiger charge is -2.26. The summed E-state index contributed by atoms with van der Waals surface area (Å²) in [5.74, 6) is 5.50. The average molecular weight is 311 g/mol. The number of nitrogens with zero attached hydrogens (tertiary/aromatic N) is 1. The third-order valence-electron chi connectivity index (χ3n) is 3.46. The maximum absolute atomic E-state index is 11.1. The van der Waals surface area contributed by atoms with Crippen LogP contribution in [-0.4, -0.2) is 68.3 Å². The minimum absolute atomic E-state index is 0.484. The number of sulfonamides is 1. The lowest BCUT2D eigenvalue weighted by atomic mass is 10.1. The van der Waals surface area contributed by atoms with Crippen LogP contribution < -0.4 is 4.72 Å². The molecule has 0 unspecified atom stereocenters. The summed E-state index contributed by atoms with van der Waals surface area (Å²) in [7, 11) is -3.04. The molecule has 2 aliphatic rings. The van der Waals surface area contributed by atoms with E-state index in [4.69, 9.17) is 0 Å². The van der Waals surface area contributed by atoms with Crippen LogP contribution in [0, 0.1) is 5.92 Å². The van der Waals surface area contributed by atoms with E-state index in [1.165, 1.54) is 29.3 Å². The smallest absolute Gasteiger partial charge is 0.208 e. The normalized spacial score (nSPS) is 28.4. The molecule has 2 heterocycles. The van der Waals surface area contributed by atoms with Crippen LogP contribution in [-0.2, 0) is 10.0 Å². The summed E-state index contributed by atoms with van der Waals surface area (Å²) >= 11 is 4.11. The highest BCUT2D eigenvalue weighted by Gasteiger charge is 2.29. The largest absolute Gasteiger partial charge is 0.298 e. The van der Waals surface area contributed by atoms with Crippen molar-refractivity contribution in [3.63, 3.8) is 0 Å². The predicted molar refractivity (Wildman–Crippen MR) is 81.0 cm³/mol. The molecule has 2 rings (SSSR count). The summed E-state index contributed by atoms with van der Waals surface area (Å²) in [5, 5.41) is 0. The van der Waals surface area contributed by atoms with Crippen molar-refractivity contribution in [2.24, 2.45) is 5.92 Å². The zero-order valence-corrected chi connectivity index (χ0v) is 13.2. The molecule has 0 aromatic carbocycles. The molecule has 0 aromatic rings. The van der Waals surface area contributed by atoms with Crippen LogP contribution in [0.4, 0.5) is 0 Å². The molecule has 0 aliphatic carbocycles. The van der Waals surface area contributed by atoms with Crippen molar-refractivity contribution in [1.29, 1.82) is 0 Å². The number of nitrogens with one attached hydrogen (secondary N) is 1. The van der Waals surface area contributed by atoms with Crippen LogP contribution in [0.15, 0.2) is 0 Å². The van der Waals surface area contributed by atoms with Crippen molar-refractivity contribution in [1.82, 2.24) is 9.62 Å². The van der Waals surface area contributed by atoms with Gasteiger partial charge in [0, 0.05) is 42.1 Å². The summed E-state index contributed by atoms with van der Waals surface area (Å²) in [6.45, 7) is 2.78. The Bertz CT molecular complexity index is 353. The molecule has 0 bridgehead atoms. The first-order chi connectivity index (χ1) is 8.54. The van der Waals surface area contributed by atoms with Crippen LogP contribution in [0.1, 0.15) is 6.42 Å². The standard InChI is InChI=1S/C11H22N2O2S3/c1-18(14,15)12-6-10-2-3-13(7-10)11-8-16-4-5-17-9-11/h10-12H,2-9H2,1H3/t10-/m0/s1. The highest BCUT2D eigenvalue weighted by molar-refractivity contribution is 8.03. The molecule has 7 heteroatoms. The van der Waals surface area contributed by atoms with Gasteiger partial charge in [0.05, 0.1) is 6.26 Å². The van der Waals surface area contributed by atoms with E-state index in [1.807, 2.05) is 0 Å². The predicted octanol–water partition coefficient (Wildman–Crippen LogP) is 0.706. The van der Waals surface area contributed by atoms with E-state index >= 15 is 0 Å². The molecule has 0 spiro atoms. The quantitative estimate of drug-likeness (QED) is 0.829. The average Bonchev–Trinajstić information content (AvgIpc) is 2.60. The number of thioether (sulfide) groups is 2. The molecular formula is C11H22N2O2S3. The maximum Gasteiger partial charge on any atom is 0.208 e. The van der Waals surface area contributed by atoms with Crippen molar-refractivity contribution in [3.05, 3.63) is 0 Å². The van der Waals surface area contributed by atoms with Crippen LogP contribution in [0.2, 0.25) is 0 Å². The van der Waals surface area contributed by atoms with Crippen LogP contribution in [0.25, 0.3) is 0 Å². The van der Waals surface area contributed by atoms with Crippen LogP contribution >= 0.6 is 23.5 Å². The second-order valence-corrected chi connectivity index (χ2v) is 9.21. The molecule has 18 heavy (non-hydrogen) atoms. The molecule has 4 nitrogen and oxygen atoms in total. The first kappa shape index (κ1) is 15.0. The van der Waals surface area contributed by atoms with Crippen LogP contribution in [0.5, 0.6) is 0 Å². The molecule has 1 atom stereocenters. The SMILES string of the molecule is CS(=O)(=O)NC[C@@H]1CCN(C2CSCCSC2)C1. The van der Waals surface area contributed by atoms with Gasteiger partial charge in [0.15, 0.2) is 0 Å². The van der Waals surface area contributed by atoms with Gasteiger partial charge in [-0.15, -0.1) is 0 Å². The molecule has 0 radical (unpaired) electrons. The fourth-order valence-corrected chi connectivity index (χ4v) is 5.61. The first-order valence-electron chi connectivity index (χ1n) is 6.39. The maximum atomic E-state index is 11.1. The molecule has 0 aromatic heterocycles. The van der Waals surface area contributed by atoms with Gasteiger partial charge in [-0.3, -0.25) is 4.90 Å². The molecule has 2 fully saturated rings. The minimum atomic E-state index is -3.04. The Kier molecular flexibility index (Phi) is 5.68. The van der Waals surface area contributed by atoms with Gasteiger partial charge in [-0.2, -0.15) is 23.5 Å². The number of rotatable bonds is 4. The van der Waals surface area contributed by atoms with Crippen LogP contribution in [0.3, 0.4) is 0 Å². The Morgan fingerprint density at radius 2 is 1.94 bits per heavy atom. The zero-order valence-electron chi connectivity index (χ0n) is 10.8. The van der Waals surface area contributed by atoms with Gasteiger partial charge in [0.1, 0.15) is 0 Å². The number of likely N-dealkylation sites (tertiary alicyclic amines) is 1. The Hall–Kier alpha value is 0.570. The van der Waals surface area contributed by atoms with E-state index in [1.54, 1.807) is 0 Å². The third-order valence-corrected chi connectivity index (χ3v) is 6.64. The molecule has 106 valence electrons. The van der Waals surface area contributed by atoms with E-state index in [9.17, 15) is 8.42 Å². The molecule has 2 aliphatic heterocycles. The molecule has 2 saturated heterocycles.